The van der Waals surface area contributed by atoms with E-state index in [9.17, 15) is 0 Å². The first kappa shape index (κ1) is 13.0. The van der Waals surface area contributed by atoms with Crippen LogP contribution < -0.4 is 5.32 Å². The van der Waals surface area contributed by atoms with E-state index >= 15 is 0 Å². The van der Waals surface area contributed by atoms with Gasteiger partial charge in [-0.05, 0) is 38.5 Å². The Bertz CT molecular complexity index is 157. The van der Waals surface area contributed by atoms with Crippen molar-refractivity contribution in [2.45, 2.75) is 78.3 Å². The van der Waals surface area contributed by atoms with Crippen LogP contribution in [0.15, 0.2) is 0 Å². The molecule has 0 bridgehead atoms. The summed E-state index contributed by atoms with van der Waals surface area (Å²) < 4.78 is 0. The Morgan fingerprint density at radius 2 is 1.40 bits per heavy atom. The van der Waals surface area contributed by atoms with E-state index in [1.165, 1.54) is 38.5 Å². The van der Waals surface area contributed by atoms with E-state index in [1.807, 2.05) is 0 Å². The molecule has 1 heteroatoms. The normalized spacial score (nSPS) is 23.8. The zero-order valence-corrected chi connectivity index (χ0v) is 11.1. The predicted octanol–water partition coefficient (Wildman–Crippen LogP) is 3.98. The monoisotopic (exact) mass is 211 g/mol. The summed E-state index contributed by atoms with van der Waals surface area (Å²) in [5.41, 5.74) is 0. The van der Waals surface area contributed by atoms with Crippen molar-refractivity contribution < 1.29 is 0 Å². The standard InChI is InChI=1S/C14H29N/c1-11(2)12(3)15-13(4)14-9-7-5-6-8-10-14/h11-15H,5-10H2,1-4H3/t12?,13-/m0/s1. The minimum absolute atomic E-state index is 0.656. The Hall–Kier alpha value is -0.0400. The molecule has 0 aliphatic heterocycles. The second-order valence-corrected chi connectivity index (χ2v) is 5.74. The fourth-order valence-electron chi connectivity index (χ4n) is 2.55. The first-order chi connectivity index (χ1) is 7.11. The van der Waals surface area contributed by atoms with Crippen molar-refractivity contribution in [1.29, 1.82) is 0 Å². The molecule has 0 radical (unpaired) electrons. The molecule has 1 N–H and O–H groups in total. The molecular formula is C14H29N. The van der Waals surface area contributed by atoms with E-state index in [1.54, 1.807) is 0 Å². The van der Waals surface area contributed by atoms with E-state index in [-0.39, 0.29) is 0 Å². The summed E-state index contributed by atoms with van der Waals surface area (Å²) in [6.07, 6.45) is 8.71. The molecule has 1 aliphatic rings. The van der Waals surface area contributed by atoms with Crippen LogP contribution in [0.3, 0.4) is 0 Å². The molecule has 0 aromatic rings. The summed E-state index contributed by atoms with van der Waals surface area (Å²) in [6.45, 7) is 9.31. The molecule has 0 saturated heterocycles. The molecule has 15 heavy (non-hydrogen) atoms. The third kappa shape index (κ3) is 4.55. The van der Waals surface area contributed by atoms with Gasteiger partial charge in [0.2, 0.25) is 0 Å². The second-order valence-electron chi connectivity index (χ2n) is 5.74. The van der Waals surface area contributed by atoms with E-state index in [0.29, 0.717) is 12.1 Å². The van der Waals surface area contributed by atoms with Gasteiger partial charge in [-0.2, -0.15) is 0 Å². The van der Waals surface area contributed by atoms with Crippen molar-refractivity contribution >= 4 is 0 Å². The maximum Gasteiger partial charge on any atom is 0.00695 e. The number of hydrogen-bond acceptors (Lipinski definition) is 1. The smallest absolute Gasteiger partial charge is 0.00695 e. The minimum atomic E-state index is 0.656. The molecule has 2 atom stereocenters. The first-order valence-electron chi connectivity index (χ1n) is 6.87. The average molecular weight is 211 g/mol. The SMILES string of the molecule is CC(C)C(C)N[C@@H](C)C1CCCCCC1. The summed E-state index contributed by atoms with van der Waals surface area (Å²) in [6, 6.07) is 1.36. The number of nitrogens with one attached hydrogen (secondary N) is 1. The van der Waals surface area contributed by atoms with Crippen molar-refractivity contribution in [2.75, 3.05) is 0 Å². The quantitative estimate of drug-likeness (QED) is 0.694. The van der Waals surface area contributed by atoms with Crippen LogP contribution in [0.5, 0.6) is 0 Å². The van der Waals surface area contributed by atoms with E-state index in [4.69, 9.17) is 0 Å². The van der Waals surface area contributed by atoms with Gasteiger partial charge in [0, 0.05) is 12.1 Å². The van der Waals surface area contributed by atoms with Crippen LogP contribution in [0.2, 0.25) is 0 Å². The van der Waals surface area contributed by atoms with Crippen LogP contribution in [-0.4, -0.2) is 12.1 Å². The molecule has 1 aliphatic carbocycles. The Morgan fingerprint density at radius 3 is 1.87 bits per heavy atom. The minimum Gasteiger partial charge on any atom is -0.311 e. The Morgan fingerprint density at radius 1 is 0.867 bits per heavy atom. The van der Waals surface area contributed by atoms with E-state index in [2.05, 4.69) is 33.0 Å². The molecule has 0 amide bonds. The maximum atomic E-state index is 3.78. The van der Waals surface area contributed by atoms with Gasteiger partial charge >= 0.3 is 0 Å². The number of hydrogen-bond donors (Lipinski definition) is 1. The predicted molar refractivity (Wildman–Crippen MR) is 68.1 cm³/mol. The van der Waals surface area contributed by atoms with Gasteiger partial charge in [0.15, 0.2) is 0 Å². The lowest BCUT2D eigenvalue weighted by atomic mass is 9.91. The zero-order chi connectivity index (χ0) is 11.3. The Balaban J connectivity index is 2.33. The third-order valence-corrected chi connectivity index (χ3v) is 4.13. The van der Waals surface area contributed by atoms with Gasteiger partial charge in [0.1, 0.15) is 0 Å². The molecule has 0 heterocycles. The van der Waals surface area contributed by atoms with Gasteiger partial charge < -0.3 is 5.32 Å². The van der Waals surface area contributed by atoms with Gasteiger partial charge in [0.25, 0.3) is 0 Å². The average Bonchev–Trinajstić information content (AvgIpc) is 2.45. The van der Waals surface area contributed by atoms with E-state index in [0.717, 1.165) is 11.8 Å². The fraction of sp³-hybridized carbons (Fsp3) is 1.00. The van der Waals surface area contributed by atoms with Crippen molar-refractivity contribution in [1.82, 2.24) is 5.32 Å². The molecule has 1 nitrogen and oxygen atoms in total. The highest BCUT2D eigenvalue weighted by molar-refractivity contribution is 4.78. The van der Waals surface area contributed by atoms with Crippen molar-refractivity contribution in [2.24, 2.45) is 11.8 Å². The lowest BCUT2D eigenvalue weighted by Crippen LogP contribution is -2.41. The summed E-state index contributed by atoms with van der Waals surface area (Å²) >= 11 is 0. The Labute approximate surface area is 96.0 Å². The molecule has 1 fully saturated rings. The lowest BCUT2D eigenvalue weighted by molar-refractivity contribution is 0.288. The second kappa shape index (κ2) is 6.52. The van der Waals surface area contributed by atoms with Crippen LogP contribution in [0.25, 0.3) is 0 Å². The lowest BCUT2D eigenvalue weighted by Gasteiger charge is -2.28. The van der Waals surface area contributed by atoms with Gasteiger partial charge in [0.05, 0.1) is 0 Å². The summed E-state index contributed by atoms with van der Waals surface area (Å²) in [5, 5.41) is 3.78. The van der Waals surface area contributed by atoms with Crippen molar-refractivity contribution in [3.8, 4) is 0 Å². The van der Waals surface area contributed by atoms with Gasteiger partial charge in [-0.15, -0.1) is 0 Å². The molecule has 1 saturated carbocycles. The molecule has 0 aromatic carbocycles. The largest absolute Gasteiger partial charge is 0.311 e. The first-order valence-corrected chi connectivity index (χ1v) is 6.87. The third-order valence-electron chi connectivity index (χ3n) is 4.13. The summed E-state index contributed by atoms with van der Waals surface area (Å²) in [4.78, 5) is 0. The van der Waals surface area contributed by atoms with Crippen LogP contribution in [0, 0.1) is 11.8 Å². The highest BCUT2D eigenvalue weighted by Gasteiger charge is 2.20. The molecule has 0 spiro atoms. The van der Waals surface area contributed by atoms with Crippen LogP contribution in [-0.2, 0) is 0 Å². The van der Waals surface area contributed by atoms with Crippen molar-refractivity contribution in [3.05, 3.63) is 0 Å². The van der Waals surface area contributed by atoms with Gasteiger partial charge in [-0.25, -0.2) is 0 Å². The number of rotatable bonds is 4. The molecule has 90 valence electrons. The Kier molecular flexibility index (Phi) is 5.66. The topological polar surface area (TPSA) is 12.0 Å². The molecule has 1 unspecified atom stereocenters. The van der Waals surface area contributed by atoms with Crippen molar-refractivity contribution in [3.63, 3.8) is 0 Å². The highest BCUT2D eigenvalue weighted by atomic mass is 14.9. The van der Waals surface area contributed by atoms with Gasteiger partial charge in [-0.1, -0.05) is 39.5 Å². The molecule has 0 aromatic heterocycles. The summed E-state index contributed by atoms with van der Waals surface area (Å²) in [7, 11) is 0. The van der Waals surface area contributed by atoms with Gasteiger partial charge in [-0.3, -0.25) is 0 Å². The summed E-state index contributed by atoms with van der Waals surface area (Å²) in [5.74, 6) is 1.67. The van der Waals surface area contributed by atoms with E-state index < -0.39 is 0 Å². The van der Waals surface area contributed by atoms with Crippen LogP contribution in [0.4, 0.5) is 0 Å². The molecule has 1 rings (SSSR count). The highest BCUT2D eigenvalue weighted by Crippen LogP contribution is 2.25. The fourth-order valence-corrected chi connectivity index (χ4v) is 2.55. The van der Waals surface area contributed by atoms with Crippen LogP contribution in [0.1, 0.15) is 66.2 Å². The molecular weight excluding hydrogens is 182 g/mol. The zero-order valence-electron chi connectivity index (χ0n) is 11.1. The maximum absolute atomic E-state index is 3.78. The van der Waals surface area contributed by atoms with Crippen LogP contribution >= 0.6 is 0 Å².